The zero-order chi connectivity index (χ0) is 13.5. The molecule has 1 aliphatic heterocycles. The average Bonchev–Trinajstić information content (AvgIpc) is 2.93. The maximum Gasteiger partial charge on any atom is 0.164 e. The minimum atomic E-state index is 0.354. The van der Waals surface area contributed by atoms with Crippen LogP contribution in [0.1, 0.15) is 24.8 Å². The van der Waals surface area contributed by atoms with E-state index in [1.807, 2.05) is 18.2 Å². The Morgan fingerprint density at radius 1 is 1.42 bits per heavy atom. The molecule has 1 heterocycles. The van der Waals surface area contributed by atoms with E-state index in [1.165, 1.54) is 0 Å². The molecule has 2 N–H and O–H groups in total. The molecular formula is C15H23NO3. The second-order valence-electron chi connectivity index (χ2n) is 4.76. The quantitative estimate of drug-likeness (QED) is 0.820. The first-order valence-corrected chi connectivity index (χ1v) is 6.95. The Labute approximate surface area is 114 Å². The third kappa shape index (κ3) is 3.85. The highest BCUT2D eigenvalue weighted by Crippen LogP contribution is 2.31. The van der Waals surface area contributed by atoms with Crippen LogP contribution in [0.3, 0.4) is 0 Å². The van der Waals surface area contributed by atoms with Crippen molar-refractivity contribution in [2.75, 3.05) is 26.9 Å². The van der Waals surface area contributed by atoms with Crippen LogP contribution in [0, 0.1) is 0 Å². The minimum Gasteiger partial charge on any atom is -0.493 e. The molecular weight excluding hydrogens is 242 g/mol. The van der Waals surface area contributed by atoms with E-state index in [1.54, 1.807) is 7.11 Å². The van der Waals surface area contributed by atoms with E-state index < -0.39 is 0 Å². The second kappa shape index (κ2) is 7.36. The van der Waals surface area contributed by atoms with Crippen LogP contribution in [0.2, 0.25) is 0 Å². The van der Waals surface area contributed by atoms with E-state index in [4.69, 9.17) is 19.9 Å². The fourth-order valence-electron chi connectivity index (χ4n) is 2.40. The van der Waals surface area contributed by atoms with Gasteiger partial charge in [0.15, 0.2) is 11.5 Å². The summed E-state index contributed by atoms with van der Waals surface area (Å²) in [7, 11) is 1.66. The van der Waals surface area contributed by atoms with Gasteiger partial charge in [-0.05, 0) is 37.4 Å². The monoisotopic (exact) mass is 265 g/mol. The van der Waals surface area contributed by atoms with Gasteiger partial charge in [0.2, 0.25) is 0 Å². The number of nitrogens with two attached hydrogens (primary N) is 1. The molecule has 1 aliphatic rings. The van der Waals surface area contributed by atoms with E-state index in [0.29, 0.717) is 19.3 Å². The lowest BCUT2D eigenvalue weighted by Gasteiger charge is -2.16. The van der Waals surface area contributed by atoms with E-state index in [0.717, 1.165) is 49.4 Å². The summed E-state index contributed by atoms with van der Waals surface area (Å²) in [5.41, 5.74) is 6.74. The first-order valence-electron chi connectivity index (χ1n) is 6.95. The molecule has 0 radical (unpaired) electrons. The largest absolute Gasteiger partial charge is 0.493 e. The van der Waals surface area contributed by atoms with Gasteiger partial charge < -0.3 is 19.9 Å². The van der Waals surface area contributed by atoms with Crippen molar-refractivity contribution in [3.63, 3.8) is 0 Å². The highest BCUT2D eigenvalue weighted by atomic mass is 16.5. The van der Waals surface area contributed by atoms with Crippen LogP contribution in [0.5, 0.6) is 11.5 Å². The van der Waals surface area contributed by atoms with Gasteiger partial charge in [-0.15, -0.1) is 0 Å². The van der Waals surface area contributed by atoms with Gasteiger partial charge in [-0.25, -0.2) is 0 Å². The molecule has 1 fully saturated rings. The van der Waals surface area contributed by atoms with Crippen molar-refractivity contribution in [3.8, 4) is 11.5 Å². The van der Waals surface area contributed by atoms with Crippen LogP contribution in [0.25, 0.3) is 0 Å². The van der Waals surface area contributed by atoms with Crippen molar-refractivity contribution >= 4 is 0 Å². The number of hydrogen-bond acceptors (Lipinski definition) is 4. The highest BCUT2D eigenvalue weighted by molar-refractivity contribution is 5.46. The average molecular weight is 265 g/mol. The highest BCUT2D eigenvalue weighted by Gasteiger charge is 2.16. The molecule has 1 atom stereocenters. The van der Waals surface area contributed by atoms with Gasteiger partial charge in [0.05, 0.1) is 19.8 Å². The summed E-state index contributed by atoms with van der Waals surface area (Å²) in [6.07, 6.45) is 4.39. The summed E-state index contributed by atoms with van der Waals surface area (Å²) in [6, 6.07) is 5.93. The number of rotatable bonds is 7. The van der Waals surface area contributed by atoms with Crippen LogP contribution < -0.4 is 15.2 Å². The molecule has 4 nitrogen and oxygen atoms in total. The predicted octanol–water partition coefficient (Wildman–Crippen LogP) is 2.14. The molecule has 0 aromatic heterocycles. The molecule has 1 aromatic carbocycles. The summed E-state index contributed by atoms with van der Waals surface area (Å²) < 4.78 is 16.9. The van der Waals surface area contributed by atoms with Crippen LogP contribution in [0.4, 0.5) is 0 Å². The third-order valence-electron chi connectivity index (χ3n) is 3.40. The SMILES string of the molecule is COc1cccc(CCN)c1OCCC1CCCO1. The molecule has 106 valence electrons. The van der Waals surface area contributed by atoms with Gasteiger partial charge in [-0.2, -0.15) is 0 Å². The molecule has 2 rings (SSSR count). The lowest BCUT2D eigenvalue weighted by Crippen LogP contribution is -2.12. The Morgan fingerprint density at radius 2 is 2.32 bits per heavy atom. The Bertz CT molecular complexity index is 389. The van der Waals surface area contributed by atoms with Gasteiger partial charge in [0.1, 0.15) is 0 Å². The van der Waals surface area contributed by atoms with E-state index in [2.05, 4.69) is 0 Å². The molecule has 1 aromatic rings. The number of para-hydroxylation sites is 1. The third-order valence-corrected chi connectivity index (χ3v) is 3.40. The zero-order valence-corrected chi connectivity index (χ0v) is 11.6. The van der Waals surface area contributed by atoms with Gasteiger partial charge in [0, 0.05) is 13.0 Å². The van der Waals surface area contributed by atoms with E-state index in [-0.39, 0.29) is 0 Å². The van der Waals surface area contributed by atoms with Gasteiger partial charge in [-0.3, -0.25) is 0 Å². The van der Waals surface area contributed by atoms with Crippen molar-refractivity contribution in [3.05, 3.63) is 23.8 Å². The first-order chi connectivity index (χ1) is 9.35. The molecule has 0 amide bonds. The Hall–Kier alpha value is -1.26. The molecule has 0 spiro atoms. The fourth-order valence-corrected chi connectivity index (χ4v) is 2.40. The van der Waals surface area contributed by atoms with Crippen LogP contribution in [0.15, 0.2) is 18.2 Å². The Balaban J connectivity index is 1.96. The summed E-state index contributed by atoms with van der Waals surface area (Å²) in [5.74, 6) is 1.60. The second-order valence-corrected chi connectivity index (χ2v) is 4.76. The van der Waals surface area contributed by atoms with Crippen molar-refractivity contribution in [2.24, 2.45) is 5.73 Å². The molecule has 1 saturated heterocycles. The van der Waals surface area contributed by atoms with Crippen molar-refractivity contribution in [1.29, 1.82) is 0 Å². The first kappa shape index (κ1) is 14.2. The maximum absolute atomic E-state index is 5.91. The van der Waals surface area contributed by atoms with Crippen LogP contribution >= 0.6 is 0 Å². The van der Waals surface area contributed by atoms with Gasteiger partial charge in [-0.1, -0.05) is 12.1 Å². The number of methoxy groups -OCH3 is 1. The van der Waals surface area contributed by atoms with Gasteiger partial charge in [0.25, 0.3) is 0 Å². The number of hydrogen-bond donors (Lipinski definition) is 1. The van der Waals surface area contributed by atoms with Crippen LogP contribution in [-0.4, -0.2) is 33.0 Å². The van der Waals surface area contributed by atoms with E-state index in [9.17, 15) is 0 Å². The lowest BCUT2D eigenvalue weighted by molar-refractivity contribution is 0.0897. The lowest BCUT2D eigenvalue weighted by atomic mass is 10.1. The normalized spacial score (nSPS) is 18.5. The standard InChI is InChI=1S/C15H23NO3/c1-17-14-6-2-4-12(7-9-16)15(14)19-11-8-13-5-3-10-18-13/h2,4,6,13H,3,5,7-11,16H2,1H3. The summed E-state index contributed by atoms with van der Waals surface area (Å²) >= 11 is 0. The Morgan fingerprint density at radius 3 is 3.00 bits per heavy atom. The Kier molecular flexibility index (Phi) is 5.48. The fraction of sp³-hybridized carbons (Fsp3) is 0.600. The number of benzene rings is 1. The summed E-state index contributed by atoms with van der Waals surface area (Å²) in [5, 5.41) is 0. The molecule has 0 saturated carbocycles. The van der Waals surface area contributed by atoms with Crippen molar-refractivity contribution in [2.45, 2.75) is 31.8 Å². The molecule has 1 unspecified atom stereocenters. The molecule has 0 aliphatic carbocycles. The van der Waals surface area contributed by atoms with Crippen molar-refractivity contribution in [1.82, 2.24) is 0 Å². The van der Waals surface area contributed by atoms with Gasteiger partial charge >= 0.3 is 0 Å². The minimum absolute atomic E-state index is 0.354. The maximum atomic E-state index is 5.91. The van der Waals surface area contributed by atoms with Crippen LogP contribution in [-0.2, 0) is 11.2 Å². The van der Waals surface area contributed by atoms with Crippen molar-refractivity contribution < 1.29 is 14.2 Å². The summed E-state index contributed by atoms with van der Waals surface area (Å²) in [6.45, 7) is 2.15. The number of ether oxygens (including phenoxy) is 3. The van der Waals surface area contributed by atoms with E-state index >= 15 is 0 Å². The molecule has 0 bridgehead atoms. The molecule has 4 heteroatoms. The zero-order valence-electron chi connectivity index (χ0n) is 11.6. The summed E-state index contributed by atoms with van der Waals surface area (Å²) in [4.78, 5) is 0. The molecule has 19 heavy (non-hydrogen) atoms. The topological polar surface area (TPSA) is 53.7 Å². The smallest absolute Gasteiger partial charge is 0.164 e. The predicted molar refractivity (Wildman–Crippen MR) is 74.8 cm³/mol.